The predicted octanol–water partition coefficient (Wildman–Crippen LogP) is 0.848. The quantitative estimate of drug-likeness (QED) is 0.644. The van der Waals surface area contributed by atoms with Crippen LogP contribution in [0.5, 0.6) is 0 Å². The Morgan fingerprint density at radius 2 is 2.36 bits per heavy atom. The smallest absolute Gasteiger partial charge is 0.307 e. The molecule has 0 spiro atoms. The molecule has 1 aromatic rings. The summed E-state index contributed by atoms with van der Waals surface area (Å²) < 4.78 is 12.2. The molecule has 0 saturated heterocycles. The molecule has 58 valence electrons. The molecule has 0 atom stereocenters. The van der Waals surface area contributed by atoms with Crippen molar-refractivity contribution < 1.29 is 14.3 Å². The highest BCUT2D eigenvalue weighted by molar-refractivity contribution is 5.69. The summed E-state index contributed by atoms with van der Waals surface area (Å²) in [6, 6.07) is 2.54. The van der Waals surface area contributed by atoms with Gasteiger partial charge in [-0.05, 0) is 11.6 Å². The molecule has 0 bridgehead atoms. The molecule has 0 amide bonds. The number of halogens is 1. The van der Waals surface area contributed by atoms with Crippen molar-refractivity contribution in [2.45, 2.75) is 6.42 Å². The Hall–Kier alpha value is -1.45. The first-order valence-corrected chi connectivity index (χ1v) is 3.00. The Morgan fingerprint density at radius 3 is 2.82 bits per heavy atom. The van der Waals surface area contributed by atoms with Crippen LogP contribution in [-0.4, -0.2) is 16.1 Å². The van der Waals surface area contributed by atoms with E-state index in [1.54, 1.807) is 0 Å². The number of rotatable bonds is 2. The second-order valence-corrected chi connectivity index (χ2v) is 2.06. The first-order valence-electron chi connectivity index (χ1n) is 3.00. The number of carboxylic acids is 1. The monoisotopic (exact) mass is 155 g/mol. The summed E-state index contributed by atoms with van der Waals surface area (Å²) in [5.74, 6) is -1.54. The molecule has 1 rings (SSSR count). The number of hydrogen-bond donors (Lipinski definition) is 1. The van der Waals surface area contributed by atoms with E-state index >= 15 is 0 Å². The molecule has 0 aliphatic heterocycles. The molecule has 4 heteroatoms. The number of carboxylic acid groups (broad SMARTS) is 1. The molecule has 0 aliphatic rings. The van der Waals surface area contributed by atoms with Crippen LogP contribution < -0.4 is 0 Å². The maximum Gasteiger partial charge on any atom is 0.307 e. The van der Waals surface area contributed by atoms with Crippen LogP contribution in [0.2, 0.25) is 0 Å². The van der Waals surface area contributed by atoms with Crippen molar-refractivity contribution in [2.75, 3.05) is 0 Å². The van der Waals surface area contributed by atoms with Crippen molar-refractivity contribution in [2.24, 2.45) is 0 Å². The van der Waals surface area contributed by atoms with E-state index in [0.29, 0.717) is 5.56 Å². The van der Waals surface area contributed by atoms with Crippen LogP contribution in [0.25, 0.3) is 0 Å². The van der Waals surface area contributed by atoms with E-state index in [1.807, 2.05) is 0 Å². The van der Waals surface area contributed by atoms with E-state index in [0.717, 1.165) is 6.07 Å². The van der Waals surface area contributed by atoms with E-state index in [-0.39, 0.29) is 6.42 Å². The lowest BCUT2D eigenvalue weighted by molar-refractivity contribution is -0.136. The highest BCUT2D eigenvalue weighted by Gasteiger charge is 1.99. The van der Waals surface area contributed by atoms with Crippen LogP contribution in [0, 0.1) is 5.95 Å². The average molecular weight is 155 g/mol. The lowest BCUT2D eigenvalue weighted by atomic mass is 10.2. The molecule has 11 heavy (non-hydrogen) atoms. The zero-order chi connectivity index (χ0) is 8.27. The number of aliphatic carboxylic acids is 1. The van der Waals surface area contributed by atoms with Crippen molar-refractivity contribution >= 4 is 5.97 Å². The van der Waals surface area contributed by atoms with Gasteiger partial charge in [-0.15, -0.1) is 0 Å². The zero-order valence-corrected chi connectivity index (χ0v) is 5.62. The second-order valence-electron chi connectivity index (χ2n) is 2.06. The van der Waals surface area contributed by atoms with Gasteiger partial charge in [-0.25, -0.2) is 4.98 Å². The fourth-order valence-corrected chi connectivity index (χ4v) is 0.686. The lowest BCUT2D eigenvalue weighted by Gasteiger charge is -1.93. The molecule has 0 aliphatic carbocycles. The van der Waals surface area contributed by atoms with Crippen LogP contribution in [-0.2, 0) is 11.2 Å². The van der Waals surface area contributed by atoms with Gasteiger partial charge in [0, 0.05) is 6.20 Å². The first-order chi connectivity index (χ1) is 5.18. The minimum Gasteiger partial charge on any atom is -0.481 e. The Kier molecular flexibility index (Phi) is 2.15. The molecule has 1 N–H and O–H groups in total. The maximum atomic E-state index is 12.2. The predicted molar refractivity (Wildman–Crippen MR) is 35.5 cm³/mol. The molecular formula is C7H6FNO2. The topological polar surface area (TPSA) is 50.2 Å². The van der Waals surface area contributed by atoms with Crippen LogP contribution in [0.3, 0.4) is 0 Å². The normalized spacial score (nSPS) is 9.55. The third kappa shape index (κ3) is 2.33. The number of carbonyl (C=O) groups is 1. The number of hydrogen-bond acceptors (Lipinski definition) is 2. The zero-order valence-electron chi connectivity index (χ0n) is 5.62. The molecule has 0 fully saturated rings. The fourth-order valence-electron chi connectivity index (χ4n) is 0.686. The Morgan fingerprint density at radius 1 is 1.64 bits per heavy atom. The molecule has 0 radical (unpaired) electrons. The van der Waals surface area contributed by atoms with Gasteiger partial charge in [-0.3, -0.25) is 4.79 Å². The summed E-state index contributed by atoms with van der Waals surface area (Å²) in [6.07, 6.45) is 1.09. The molecule has 0 aromatic carbocycles. The van der Waals surface area contributed by atoms with E-state index < -0.39 is 11.9 Å². The first kappa shape index (κ1) is 7.65. The van der Waals surface area contributed by atoms with Crippen LogP contribution in [0.15, 0.2) is 18.3 Å². The maximum absolute atomic E-state index is 12.2. The molecule has 1 aromatic heterocycles. The van der Waals surface area contributed by atoms with Gasteiger partial charge in [-0.1, -0.05) is 6.07 Å². The van der Waals surface area contributed by atoms with Crippen LogP contribution in [0.1, 0.15) is 5.56 Å². The minimum absolute atomic E-state index is 0.118. The third-order valence-corrected chi connectivity index (χ3v) is 1.14. The van der Waals surface area contributed by atoms with Gasteiger partial charge in [0.15, 0.2) is 0 Å². The average Bonchev–Trinajstić information content (AvgIpc) is 1.93. The van der Waals surface area contributed by atoms with Gasteiger partial charge in [0.25, 0.3) is 0 Å². The van der Waals surface area contributed by atoms with Gasteiger partial charge < -0.3 is 5.11 Å². The highest BCUT2D eigenvalue weighted by atomic mass is 19.1. The summed E-state index contributed by atoms with van der Waals surface area (Å²) in [4.78, 5) is 13.4. The van der Waals surface area contributed by atoms with E-state index in [1.165, 1.54) is 12.3 Å². The van der Waals surface area contributed by atoms with Gasteiger partial charge in [0.2, 0.25) is 5.95 Å². The molecule has 0 saturated carbocycles. The molecule has 3 nitrogen and oxygen atoms in total. The van der Waals surface area contributed by atoms with Crippen molar-refractivity contribution in [1.82, 2.24) is 4.98 Å². The van der Waals surface area contributed by atoms with E-state index in [9.17, 15) is 9.18 Å². The van der Waals surface area contributed by atoms with Gasteiger partial charge >= 0.3 is 5.97 Å². The molecular weight excluding hydrogens is 149 g/mol. The third-order valence-electron chi connectivity index (χ3n) is 1.14. The van der Waals surface area contributed by atoms with Crippen molar-refractivity contribution in [3.63, 3.8) is 0 Å². The number of aromatic nitrogens is 1. The number of nitrogens with zero attached hydrogens (tertiary/aromatic N) is 1. The summed E-state index contributed by atoms with van der Waals surface area (Å²) in [5.41, 5.74) is 0.499. The SMILES string of the molecule is O=C(O)Cc1ccc(F)nc1. The van der Waals surface area contributed by atoms with Gasteiger partial charge in [0.1, 0.15) is 0 Å². The second kappa shape index (κ2) is 3.09. The largest absolute Gasteiger partial charge is 0.481 e. The summed E-state index contributed by atoms with van der Waals surface area (Å²) in [7, 11) is 0. The van der Waals surface area contributed by atoms with Crippen molar-refractivity contribution in [1.29, 1.82) is 0 Å². The molecule has 1 heterocycles. The van der Waals surface area contributed by atoms with Crippen LogP contribution >= 0.6 is 0 Å². The Balaban J connectivity index is 2.74. The lowest BCUT2D eigenvalue weighted by Crippen LogP contribution is -2.00. The summed E-state index contributed by atoms with van der Waals surface area (Å²) in [5, 5.41) is 8.31. The van der Waals surface area contributed by atoms with Crippen molar-refractivity contribution in [3.8, 4) is 0 Å². The van der Waals surface area contributed by atoms with E-state index in [2.05, 4.69) is 4.98 Å². The molecule has 0 unspecified atom stereocenters. The number of pyridine rings is 1. The van der Waals surface area contributed by atoms with Gasteiger partial charge in [0.05, 0.1) is 6.42 Å². The fraction of sp³-hybridized carbons (Fsp3) is 0.143. The Bertz CT molecular complexity index is 258. The highest BCUT2D eigenvalue weighted by Crippen LogP contribution is 1.99. The summed E-state index contributed by atoms with van der Waals surface area (Å²) >= 11 is 0. The van der Waals surface area contributed by atoms with Crippen molar-refractivity contribution in [3.05, 3.63) is 29.8 Å². The Labute approximate surface area is 62.5 Å². The standard InChI is InChI=1S/C7H6FNO2/c8-6-2-1-5(4-9-6)3-7(10)11/h1-2,4H,3H2,(H,10,11). The van der Waals surface area contributed by atoms with Gasteiger partial charge in [-0.2, -0.15) is 4.39 Å². The minimum atomic E-state index is -0.946. The summed E-state index contributed by atoms with van der Waals surface area (Å²) in [6.45, 7) is 0. The van der Waals surface area contributed by atoms with E-state index in [4.69, 9.17) is 5.11 Å². The van der Waals surface area contributed by atoms with Crippen LogP contribution in [0.4, 0.5) is 4.39 Å².